The van der Waals surface area contributed by atoms with E-state index in [1.807, 2.05) is 48.5 Å². The minimum absolute atomic E-state index is 0.537. The molecule has 124 valence electrons. The summed E-state index contributed by atoms with van der Waals surface area (Å²) >= 11 is 26.4. The van der Waals surface area contributed by atoms with Gasteiger partial charge in [0.25, 0.3) is 0 Å². The monoisotopic (exact) mass is 422 g/mol. The van der Waals surface area contributed by atoms with Crippen molar-refractivity contribution in [2.45, 2.75) is 0 Å². The van der Waals surface area contributed by atoms with Crippen LogP contribution in [0.2, 0.25) is 20.1 Å². The van der Waals surface area contributed by atoms with Crippen LogP contribution in [0, 0.1) is 0 Å². The molecule has 0 saturated heterocycles. The van der Waals surface area contributed by atoms with E-state index in [-0.39, 0.29) is 0 Å². The van der Waals surface area contributed by atoms with Gasteiger partial charge in [-0.1, -0.05) is 76.7 Å². The zero-order chi connectivity index (χ0) is 17.6. The van der Waals surface area contributed by atoms with Gasteiger partial charge in [-0.3, -0.25) is 0 Å². The van der Waals surface area contributed by atoms with E-state index < -0.39 is 0 Å². The lowest BCUT2D eigenvalue weighted by molar-refractivity contribution is 1.65. The molecule has 0 N–H and O–H groups in total. The van der Waals surface area contributed by atoms with Crippen LogP contribution >= 0.6 is 57.7 Å². The van der Waals surface area contributed by atoms with Crippen LogP contribution in [0.3, 0.4) is 0 Å². The normalized spacial score (nSPS) is 11.2. The van der Waals surface area contributed by atoms with Gasteiger partial charge >= 0.3 is 0 Å². The number of benzene rings is 3. The minimum Gasteiger partial charge on any atom is -0.135 e. The molecule has 4 aromatic rings. The lowest BCUT2D eigenvalue weighted by Gasteiger charge is -2.08. The molecule has 0 fully saturated rings. The maximum Gasteiger partial charge on any atom is 0.0598 e. The van der Waals surface area contributed by atoms with Gasteiger partial charge in [0.1, 0.15) is 0 Å². The summed E-state index contributed by atoms with van der Waals surface area (Å²) in [6, 6.07) is 19.7. The van der Waals surface area contributed by atoms with E-state index in [4.69, 9.17) is 46.4 Å². The summed E-state index contributed by atoms with van der Waals surface area (Å²) in [5.41, 5.74) is 3.17. The summed E-state index contributed by atoms with van der Waals surface area (Å²) in [6.45, 7) is 0. The highest BCUT2D eigenvalue weighted by Crippen LogP contribution is 2.46. The summed E-state index contributed by atoms with van der Waals surface area (Å²) in [5.74, 6) is 0. The van der Waals surface area contributed by atoms with Crippen molar-refractivity contribution < 1.29 is 0 Å². The van der Waals surface area contributed by atoms with Gasteiger partial charge in [0.05, 0.1) is 20.1 Å². The Morgan fingerprint density at radius 3 is 1.88 bits per heavy atom. The lowest BCUT2D eigenvalue weighted by Crippen LogP contribution is -1.82. The van der Waals surface area contributed by atoms with E-state index in [2.05, 4.69) is 12.1 Å². The Hall–Kier alpha value is -1.22. The molecule has 0 atom stereocenters. The van der Waals surface area contributed by atoms with Crippen LogP contribution in [0.15, 0.2) is 60.7 Å². The second-order valence-electron chi connectivity index (χ2n) is 5.56. The first kappa shape index (κ1) is 17.2. The summed E-state index contributed by atoms with van der Waals surface area (Å²) in [6.07, 6.45) is 0. The topological polar surface area (TPSA) is 0 Å². The predicted octanol–water partition coefficient (Wildman–Crippen LogP) is 8.85. The predicted molar refractivity (Wildman–Crippen MR) is 113 cm³/mol. The molecule has 0 unspecified atom stereocenters. The van der Waals surface area contributed by atoms with Crippen LogP contribution in [0.1, 0.15) is 0 Å². The van der Waals surface area contributed by atoms with Gasteiger partial charge in [-0.15, -0.1) is 11.3 Å². The molecular formula is C20H10Cl4S. The third kappa shape index (κ3) is 3.16. The molecule has 0 saturated carbocycles. The third-order valence-electron chi connectivity index (χ3n) is 3.99. The fourth-order valence-electron chi connectivity index (χ4n) is 2.82. The molecule has 0 bridgehead atoms. The summed E-state index contributed by atoms with van der Waals surface area (Å²) in [5, 5.41) is 3.34. The Balaban J connectivity index is 2.04. The van der Waals surface area contributed by atoms with Crippen molar-refractivity contribution in [1.82, 2.24) is 0 Å². The van der Waals surface area contributed by atoms with Gasteiger partial charge in [0, 0.05) is 20.5 Å². The highest BCUT2D eigenvalue weighted by molar-refractivity contribution is 7.23. The van der Waals surface area contributed by atoms with Crippen LogP contribution in [0.25, 0.3) is 31.7 Å². The molecule has 0 amide bonds. The number of rotatable bonds is 2. The standard InChI is InChI=1S/C20H10Cl4S/c21-14-7-5-11(9-16(14)23)19-13-3-1-2-4-18(13)25-20(19)12-6-8-15(22)17(24)10-12/h1-10H. The smallest absolute Gasteiger partial charge is 0.0598 e. The average Bonchev–Trinajstić information content (AvgIpc) is 2.99. The van der Waals surface area contributed by atoms with Gasteiger partial charge in [-0.25, -0.2) is 0 Å². The molecule has 1 aromatic heterocycles. The van der Waals surface area contributed by atoms with Crippen LogP contribution in [0.4, 0.5) is 0 Å². The van der Waals surface area contributed by atoms with Crippen molar-refractivity contribution in [3.05, 3.63) is 80.8 Å². The van der Waals surface area contributed by atoms with Crippen molar-refractivity contribution >= 4 is 67.8 Å². The van der Waals surface area contributed by atoms with Gasteiger partial charge in [-0.2, -0.15) is 0 Å². The lowest BCUT2D eigenvalue weighted by atomic mass is 9.99. The molecule has 3 aromatic carbocycles. The van der Waals surface area contributed by atoms with Gasteiger partial charge in [0.15, 0.2) is 0 Å². The molecule has 0 radical (unpaired) electrons. The second kappa shape index (κ2) is 6.83. The Morgan fingerprint density at radius 1 is 0.600 bits per heavy atom. The van der Waals surface area contributed by atoms with Crippen molar-refractivity contribution in [3.63, 3.8) is 0 Å². The fourth-order valence-corrected chi connectivity index (χ4v) is 4.64. The maximum atomic E-state index is 6.26. The Labute approximate surface area is 169 Å². The third-order valence-corrected chi connectivity index (χ3v) is 6.68. The van der Waals surface area contributed by atoms with Gasteiger partial charge < -0.3 is 0 Å². The number of fused-ring (bicyclic) bond motifs is 1. The highest BCUT2D eigenvalue weighted by Gasteiger charge is 2.17. The van der Waals surface area contributed by atoms with Crippen molar-refractivity contribution in [1.29, 1.82) is 0 Å². The van der Waals surface area contributed by atoms with E-state index >= 15 is 0 Å². The summed E-state index contributed by atoms with van der Waals surface area (Å²) < 4.78 is 1.20. The zero-order valence-electron chi connectivity index (χ0n) is 12.7. The number of hydrogen-bond acceptors (Lipinski definition) is 1. The maximum absolute atomic E-state index is 6.26. The molecule has 0 nitrogen and oxygen atoms in total. The van der Waals surface area contributed by atoms with Crippen LogP contribution in [-0.4, -0.2) is 0 Å². The first-order valence-electron chi connectivity index (χ1n) is 7.47. The van der Waals surface area contributed by atoms with E-state index in [0.29, 0.717) is 20.1 Å². The van der Waals surface area contributed by atoms with E-state index in [1.165, 1.54) is 10.1 Å². The Bertz CT molecular complexity index is 1100. The number of halogens is 4. The number of hydrogen-bond donors (Lipinski definition) is 0. The molecular weight excluding hydrogens is 414 g/mol. The second-order valence-corrected chi connectivity index (χ2v) is 8.24. The quantitative estimate of drug-likeness (QED) is 0.302. The Morgan fingerprint density at radius 2 is 1.20 bits per heavy atom. The zero-order valence-corrected chi connectivity index (χ0v) is 16.5. The van der Waals surface area contributed by atoms with Gasteiger partial charge in [0.2, 0.25) is 0 Å². The van der Waals surface area contributed by atoms with Crippen molar-refractivity contribution in [3.8, 4) is 21.6 Å². The average molecular weight is 424 g/mol. The summed E-state index contributed by atoms with van der Waals surface area (Å²) in [7, 11) is 0. The molecule has 5 heteroatoms. The summed E-state index contributed by atoms with van der Waals surface area (Å²) in [4.78, 5) is 1.12. The minimum atomic E-state index is 0.537. The first-order valence-corrected chi connectivity index (χ1v) is 9.80. The van der Waals surface area contributed by atoms with E-state index in [0.717, 1.165) is 21.6 Å². The largest absolute Gasteiger partial charge is 0.135 e. The van der Waals surface area contributed by atoms with Crippen molar-refractivity contribution in [2.24, 2.45) is 0 Å². The molecule has 25 heavy (non-hydrogen) atoms. The van der Waals surface area contributed by atoms with E-state index in [1.54, 1.807) is 11.3 Å². The van der Waals surface area contributed by atoms with Crippen molar-refractivity contribution in [2.75, 3.05) is 0 Å². The Kier molecular flexibility index (Phi) is 4.70. The molecule has 0 spiro atoms. The first-order chi connectivity index (χ1) is 12.0. The SMILES string of the molecule is Clc1ccc(-c2sc3ccccc3c2-c2ccc(Cl)c(Cl)c2)cc1Cl. The van der Waals surface area contributed by atoms with E-state index in [9.17, 15) is 0 Å². The fraction of sp³-hybridized carbons (Fsp3) is 0. The number of thiophene rings is 1. The molecule has 1 heterocycles. The molecule has 0 aliphatic rings. The highest BCUT2D eigenvalue weighted by atomic mass is 35.5. The molecule has 0 aliphatic heterocycles. The van der Waals surface area contributed by atoms with Crippen LogP contribution < -0.4 is 0 Å². The van der Waals surface area contributed by atoms with Crippen LogP contribution in [-0.2, 0) is 0 Å². The molecule has 0 aliphatic carbocycles. The molecule has 4 rings (SSSR count). The van der Waals surface area contributed by atoms with Gasteiger partial charge in [-0.05, 0) is 41.5 Å². The van der Waals surface area contributed by atoms with Crippen LogP contribution in [0.5, 0.6) is 0 Å².